The summed E-state index contributed by atoms with van der Waals surface area (Å²) in [6.07, 6.45) is 3.27. The Balaban J connectivity index is 0.00000192. The van der Waals surface area contributed by atoms with Crippen LogP contribution < -0.4 is 10.7 Å². The van der Waals surface area contributed by atoms with Gasteiger partial charge in [-0.1, -0.05) is 36.0 Å². The number of aliphatic imine (C=N–C) groups is 1. The zero-order chi connectivity index (χ0) is 15.4. The molecule has 1 saturated carbocycles. The lowest BCUT2D eigenvalue weighted by Gasteiger charge is -2.15. The number of carbonyl (C=O) groups excluding carboxylic acids is 1. The van der Waals surface area contributed by atoms with E-state index in [1.165, 1.54) is 25.3 Å². The van der Waals surface area contributed by atoms with Crippen LogP contribution in [0, 0.1) is 0 Å². The molecule has 7 heteroatoms. The van der Waals surface area contributed by atoms with Gasteiger partial charge in [-0.25, -0.2) is 0 Å². The summed E-state index contributed by atoms with van der Waals surface area (Å²) in [5.41, 5.74) is 6.45. The molecule has 1 aromatic carbocycles. The number of nitrogens with one attached hydrogen (secondary N) is 2. The Kier molecular flexibility index (Phi) is 6.47. The predicted molar refractivity (Wildman–Crippen MR) is 98.7 cm³/mol. The molecule has 0 atom stereocenters. The van der Waals surface area contributed by atoms with Crippen molar-refractivity contribution in [1.29, 1.82) is 0 Å². The van der Waals surface area contributed by atoms with E-state index in [9.17, 15) is 4.79 Å². The van der Waals surface area contributed by atoms with Crippen molar-refractivity contribution in [2.45, 2.75) is 32.2 Å². The highest BCUT2D eigenvalue weighted by molar-refractivity contribution is 8.14. The number of hydrogen-bond donors (Lipinski definition) is 2. The van der Waals surface area contributed by atoms with Gasteiger partial charge in [0.25, 0.3) is 0 Å². The molecule has 2 N–H and O–H groups in total. The average Bonchev–Trinajstić information content (AvgIpc) is 3.33. The quantitative estimate of drug-likeness (QED) is 0.854. The maximum absolute atomic E-state index is 10.8. The number of hydrogen-bond acceptors (Lipinski definition) is 4. The van der Waals surface area contributed by atoms with Crippen molar-refractivity contribution in [3.63, 3.8) is 0 Å². The number of nitrogens with zero attached hydrogens (tertiary/aromatic N) is 2. The third-order valence-corrected chi connectivity index (χ3v) is 4.44. The molecule has 0 radical (unpaired) electrons. The smallest absolute Gasteiger partial charge is 0.216 e. The van der Waals surface area contributed by atoms with Gasteiger partial charge in [-0.3, -0.25) is 15.2 Å². The van der Waals surface area contributed by atoms with Crippen molar-refractivity contribution in [1.82, 2.24) is 10.7 Å². The van der Waals surface area contributed by atoms with Crippen molar-refractivity contribution in [2.75, 3.05) is 12.3 Å². The van der Waals surface area contributed by atoms with E-state index in [1.807, 2.05) is 0 Å². The normalized spacial score (nSPS) is 18.7. The minimum Gasteiger partial charge on any atom is -0.356 e. The van der Waals surface area contributed by atoms with Gasteiger partial charge in [-0.15, -0.1) is 12.4 Å². The van der Waals surface area contributed by atoms with Crippen LogP contribution in [0.15, 0.2) is 34.4 Å². The molecule has 1 aliphatic carbocycles. The van der Waals surface area contributed by atoms with Crippen molar-refractivity contribution < 1.29 is 4.79 Å². The Morgan fingerprint density at radius 1 is 1.39 bits per heavy atom. The summed E-state index contributed by atoms with van der Waals surface area (Å²) in [7, 11) is 0. The van der Waals surface area contributed by atoms with Gasteiger partial charge in [0.15, 0.2) is 5.17 Å². The van der Waals surface area contributed by atoms with E-state index in [4.69, 9.17) is 0 Å². The number of rotatable bonds is 5. The highest BCUT2D eigenvalue weighted by Gasteiger charge is 2.22. The molecule has 1 aliphatic heterocycles. The molecule has 5 nitrogen and oxygen atoms in total. The van der Waals surface area contributed by atoms with E-state index in [0.29, 0.717) is 12.6 Å². The Labute approximate surface area is 146 Å². The Hall–Kier alpha value is -1.53. The van der Waals surface area contributed by atoms with Crippen LogP contribution in [0.4, 0.5) is 0 Å². The van der Waals surface area contributed by atoms with Gasteiger partial charge in [0, 0.05) is 19.2 Å². The highest BCUT2D eigenvalue weighted by Crippen LogP contribution is 2.25. The molecule has 1 heterocycles. The monoisotopic (exact) mass is 352 g/mol. The molecule has 1 aromatic rings. The molecule has 0 saturated heterocycles. The summed E-state index contributed by atoms with van der Waals surface area (Å²) in [5, 5.41) is 8.19. The second-order valence-corrected chi connectivity index (χ2v) is 6.52. The zero-order valence-electron chi connectivity index (χ0n) is 13.0. The van der Waals surface area contributed by atoms with Gasteiger partial charge >= 0.3 is 0 Å². The summed E-state index contributed by atoms with van der Waals surface area (Å²) < 4.78 is 0. The van der Waals surface area contributed by atoms with E-state index in [0.717, 1.165) is 28.6 Å². The standard InChI is InChI=1S/C16H20N4OS.ClH/c1-11(21)17-9-8-12-2-4-13(5-3-12)15-10-22-16(20-19-15)18-14-6-7-14;/h2-5,14H,6-10H2,1H3,(H,17,21)(H,18,20);1H. The molecular weight excluding hydrogens is 332 g/mol. The van der Waals surface area contributed by atoms with Crippen LogP contribution in [0.25, 0.3) is 0 Å². The first-order valence-electron chi connectivity index (χ1n) is 7.57. The summed E-state index contributed by atoms with van der Waals surface area (Å²) in [5.74, 6) is 0.865. The molecule has 0 spiro atoms. The van der Waals surface area contributed by atoms with Crippen LogP contribution >= 0.6 is 24.2 Å². The van der Waals surface area contributed by atoms with Gasteiger partial charge in [-0.2, -0.15) is 5.10 Å². The number of benzene rings is 1. The number of carbonyl (C=O) groups is 1. The van der Waals surface area contributed by atoms with Gasteiger partial charge < -0.3 is 5.32 Å². The number of hydrazone groups is 1. The first-order valence-corrected chi connectivity index (χ1v) is 8.56. The third kappa shape index (κ3) is 5.55. The van der Waals surface area contributed by atoms with E-state index in [2.05, 4.69) is 45.1 Å². The number of amidine groups is 1. The van der Waals surface area contributed by atoms with Crippen molar-refractivity contribution >= 4 is 41.0 Å². The van der Waals surface area contributed by atoms with Crippen LogP contribution in [-0.4, -0.2) is 35.1 Å². The molecule has 23 heavy (non-hydrogen) atoms. The molecule has 0 aromatic heterocycles. The van der Waals surface area contributed by atoms with Crippen LogP contribution in [-0.2, 0) is 11.2 Å². The summed E-state index contributed by atoms with van der Waals surface area (Å²) >= 11 is 1.72. The summed E-state index contributed by atoms with van der Waals surface area (Å²) in [6.45, 7) is 2.21. The molecule has 2 aliphatic rings. The second-order valence-electron chi connectivity index (χ2n) is 5.55. The summed E-state index contributed by atoms with van der Waals surface area (Å²) in [4.78, 5) is 15.4. The molecule has 3 rings (SSSR count). The predicted octanol–water partition coefficient (Wildman–Crippen LogP) is 2.35. The third-order valence-electron chi connectivity index (χ3n) is 3.55. The minimum absolute atomic E-state index is 0. The fourth-order valence-corrected chi connectivity index (χ4v) is 2.99. The maximum atomic E-state index is 10.8. The van der Waals surface area contributed by atoms with Crippen molar-refractivity contribution in [3.8, 4) is 0 Å². The van der Waals surface area contributed by atoms with Gasteiger partial charge in [0.05, 0.1) is 11.8 Å². The van der Waals surface area contributed by atoms with Crippen LogP contribution in [0.1, 0.15) is 30.9 Å². The van der Waals surface area contributed by atoms with Crippen LogP contribution in [0.3, 0.4) is 0 Å². The number of amides is 1. The van der Waals surface area contributed by atoms with Crippen molar-refractivity contribution in [2.24, 2.45) is 10.1 Å². The van der Waals surface area contributed by atoms with E-state index >= 15 is 0 Å². The SMILES string of the molecule is CC(=O)NCCc1ccc(C2=NNC(=NC3CC3)SC2)cc1.Cl. The largest absolute Gasteiger partial charge is 0.356 e. The Bertz CT molecular complexity index is 611. The van der Waals surface area contributed by atoms with Crippen molar-refractivity contribution in [3.05, 3.63) is 35.4 Å². The lowest BCUT2D eigenvalue weighted by Crippen LogP contribution is -2.25. The average molecular weight is 353 g/mol. The fourth-order valence-electron chi connectivity index (χ4n) is 2.15. The molecular formula is C16H21ClN4OS. The van der Waals surface area contributed by atoms with Crippen LogP contribution in [0.2, 0.25) is 0 Å². The fraction of sp³-hybridized carbons (Fsp3) is 0.438. The molecule has 1 fully saturated rings. The van der Waals surface area contributed by atoms with Gasteiger partial charge in [-0.05, 0) is 30.4 Å². The lowest BCUT2D eigenvalue weighted by atomic mass is 10.1. The van der Waals surface area contributed by atoms with E-state index in [-0.39, 0.29) is 18.3 Å². The topological polar surface area (TPSA) is 65.8 Å². The zero-order valence-corrected chi connectivity index (χ0v) is 14.7. The lowest BCUT2D eigenvalue weighted by molar-refractivity contribution is -0.118. The number of halogens is 1. The second kappa shape index (κ2) is 8.36. The summed E-state index contributed by atoms with van der Waals surface area (Å²) in [6, 6.07) is 8.89. The minimum atomic E-state index is 0. The molecule has 0 unspecified atom stereocenters. The molecule has 124 valence electrons. The molecule has 0 bridgehead atoms. The van der Waals surface area contributed by atoms with Crippen LogP contribution in [0.5, 0.6) is 0 Å². The first kappa shape index (κ1) is 17.8. The van der Waals surface area contributed by atoms with Gasteiger partial charge in [0.1, 0.15) is 0 Å². The van der Waals surface area contributed by atoms with Gasteiger partial charge in [0.2, 0.25) is 5.91 Å². The Morgan fingerprint density at radius 3 is 2.70 bits per heavy atom. The number of thioether (sulfide) groups is 1. The van der Waals surface area contributed by atoms with E-state index in [1.54, 1.807) is 11.8 Å². The molecule has 1 amide bonds. The highest BCUT2D eigenvalue weighted by atomic mass is 35.5. The van der Waals surface area contributed by atoms with E-state index < -0.39 is 0 Å². The maximum Gasteiger partial charge on any atom is 0.216 e. The Morgan fingerprint density at radius 2 is 2.13 bits per heavy atom. The first-order chi connectivity index (χ1) is 10.7.